The molecule has 0 fully saturated rings. The Labute approximate surface area is 144 Å². The fourth-order valence-corrected chi connectivity index (χ4v) is 2.35. The minimum absolute atomic E-state index is 0.180. The second-order valence-corrected chi connectivity index (χ2v) is 7.24. The van der Waals surface area contributed by atoms with Gasteiger partial charge in [-0.2, -0.15) is 0 Å². The van der Waals surface area contributed by atoms with E-state index in [4.69, 9.17) is 9.47 Å². The van der Waals surface area contributed by atoms with E-state index < -0.39 is 11.7 Å². The van der Waals surface area contributed by atoms with Crippen molar-refractivity contribution in [2.45, 2.75) is 39.3 Å². The van der Waals surface area contributed by atoms with E-state index in [0.717, 1.165) is 21.1 Å². The highest BCUT2D eigenvalue weighted by atomic mass is 79.9. The summed E-state index contributed by atoms with van der Waals surface area (Å²) in [7, 11) is 0. The molecule has 0 radical (unpaired) electrons. The average Bonchev–Trinajstić information content (AvgIpc) is 2.42. The van der Waals surface area contributed by atoms with Gasteiger partial charge < -0.3 is 14.8 Å². The molecule has 1 heterocycles. The van der Waals surface area contributed by atoms with Crippen LogP contribution in [0.1, 0.15) is 27.7 Å². The van der Waals surface area contributed by atoms with E-state index in [-0.39, 0.29) is 6.04 Å². The Balaban J connectivity index is 1.98. The van der Waals surface area contributed by atoms with Crippen LogP contribution >= 0.6 is 15.9 Å². The van der Waals surface area contributed by atoms with Gasteiger partial charge in [0.15, 0.2) is 0 Å². The fraction of sp³-hybridized carbons (Fsp3) is 0.412. The number of carbonyl (C=O) groups is 1. The molecule has 2 rings (SSSR count). The molecule has 0 aliphatic heterocycles. The van der Waals surface area contributed by atoms with Crippen LogP contribution in [0.2, 0.25) is 0 Å². The summed E-state index contributed by atoms with van der Waals surface area (Å²) >= 11 is 3.45. The van der Waals surface area contributed by atoms with Gasteiger partial charge in [-0.25, -0.2) is 4.79 Å². The van der Waals surface area contributed by atoms with Crippen LogP contribution in [0.3, 0.4) is 0 Å². The molecule has 1 atom stereocenters. The van der Waals surface area contributed by atoms with Gasteiger partial charge in [-0.05, 0) is 52.0 Å². The van der Waals surface area contributed by atoms with Crippen LogP contribution in [-0.2, 0) is 4.74 Å². The van der Waals surface area contributed by atoms with E-state index in [0.29, 0.717) is 6.61 Å². The van der Waals surface area contributed by atoms with E-state index >= 15 is 0 Å². The topological polar surface area (TPSA) is 60.5 Å². The summed E-state index contributed by atoms with van der Waals surface area (Å²) in [5.41, 5.74) is 0.344. The highest BCUT2D eigenvalue weighted by Crippen LogP contribution is 2.26. The molecule has 0 aliphatic rings. The number of amides is 1. The smallest absolute Gasteiger partial charge is 0.407 e. The van der Waals surface area contributed by atoms with Crippen molar-refractivity contribution in [3.05, 3.63) is 34.9 Å². The first-order valence-corrected chi connectivity index (χ1v) is 8.20. The minimum atomic E-state index is -0.516. The summed E-state index contributed by atoms with van der Waals surface area (Å²) in [5.74, 6) is 0.731. The number of ether oxygens (including phenoxy) is 2. The lowest BCUT2D eigenvalue weighted by Crippen LogP contribution is -2.40. The van der Waals surface area contributed by atoms with Crippen LogP contribution in [0, 0.1) is 0 Å². The van der Waals surface area contributed by atoms with Gasteiger partial charge in [0.2, 0.25) is 0 Å². The molecular weight excluding hydrogens is 360 g/mol. The van der Waals surface area contributed by atoms with Crippen LogP contribution in [0.4, 0.5) is 4.79 Å². The summed E-state index contributed by atoms with van der Waals surface area (Å²) in [4.78, 5) is 16.0. The number of rotatable bonds is 4. The molecule has 1 aromatic heterocycles. The van der Waals surface area contributed by atoms with Crippen LogP contribution in [0.5, 0.6) is 5.75 Å². The molecule has 0 bridgehead atoms. The van der Waals surface area contributed by atoms with E-state index in [2.05, 4.69) is 26.2 Å². The Morgan fingerprint density at radius 1 is 1.35 bits per heavy atom. The fourth-order valence-electron chi connectivity index (χ4n) is 1.98. The number of aromatic nitrogens is 1. The number of alkyl carbamates (subject to hydrolysis) is 1. The molecular formula is C17H21BrN2O3. The van der Waals surface area contributed by atoms with Gasteiger partial charge in [0.1, 0.15) is 18.0 Å². The number of hydrogen-bond donors (Lipinski definition) is 1. The Bertz CT molecular complexity index is 698. The zero-order valence-corrected chi connectivity index (χ0v) is 15.3. The molecule has 1 aromatic carbocycles. The molecule has 124 valence electrons. The predicted octanol–water partition coefficient (Wildman–Crippen LogP) is 4.29. The van der Waals surface area contributed by atoms with Crippen molar-refractivity contribution in [2.24, 2.45) is 0 Å². The largest absolute Gasteiger partial charge is 0.491 e. The monoisotopic (exact) mass is 380 g/mol. The summed E-state index contributed by atoms with van der Waals surface area (Å²) in [6.45, 7) is 7.69. The lowest BCUT2D eigenvalue weighted by Gasteiger charge is -2.22. The molecule has 0 saturated carbocycles. The molecule has 1 N–H and O–H groups in total. The molecule has 6 heteroatoms. The lowest BCUT2D eigenvalue weighted by molar-refractivity contribution is 0.0494. The van der Waals surface area contributed by atoms with Crippen LogP contribution in [0.25, 0.3) is 10.9 Å². The number of halogens is 1. The normalized spacial score (nSPS) is 12.7. The van der Waals surface area contributed by atoms with Crippen molar-refractivity contribution in [3.8, 4) is 5.75 Å². The summed E-state index contributed by atoms with van der Waals surface area (Å²) in [5, 5.41) is 3.68. The maximum Gasteiger partial charge on any atom is 0.407 e. The van der Waals surface area contributed by atoms with Gasteiger partial charge >= 0.3 is 6.09 Å². The molecule has 23 heavy (non-hydrogen) atoms. The van der Waals surface area contributed by atoms with Crippen molar-refractivity contribution in [3.63, 3.8) is 0 Å². The van der Waals surface area contributed by atoms with Crippen molar-refractivity contribution in [2.75, 3.05) is 6.61 Å². The van der Waals surface area contributed by atoms with Gasteiger partial charge in [0.05, 0.1) is 11.6 Å². The Kier molecular flexibility index (Phi) is 5.46. The molecule has 1 amide bonds. The number of nitrogens with zero attached hydrogens (tertiary/aromatic N) is 1. The summed E-state index contributed by atoms with van der Waals surface area (Å²) < 4.78 is 12.0. The van der Waals surface area contributed by atoms with Crippen LogP contribution < -0.4 is 10.1 Å². The van der Waals surface area contributed by atoms with Crippen molar-refractivity contribution < 1.29 is 14.3 Å². The molecule has 0 aliphatic carbocycles. The SMILES string of the molecule is C[C@H](COc1ccnc2ccc(Br)cc12)NC(=O)OC(C)(C)C. The standard InChI is InChI=1S/C17H21BrN2O3/c1-11(20-16(21)23-17(2,3)4)10-22-15-7-8-19-14-6-5-12(18)9-13(14)15/h5-9,11H,10H2,1-4H3,(H,20,21)/t11-/m1/s1. The van der Waals surface area contributed by atoms with Crippen LogP contribution in [0.15, 0.2) is 34.9 Å². The van der Waals surface area contributed by atoms with Crippen LogP contribution in [-0.4, -0.2) is 29.3 Å². The average molecular weight is 381 g/mol. The predicted molar refractivity (Wildman–Crippen MR) is 93.8 cm³/mol. The van der Waals surface area contributed by atoms with E-state index in [1.165, 1.54) is 0 Å². The van der Waals surface area contributed by atoms with Gasteiger partial charge in [0.25, 0.3) is 0 Å². The van der Waals surface area contributed by atoms with Gasteiger partial charge in [-0.1, -0.05) is 15.9 Å². The maximum atomic E-state index is 11.7. The van der Waals surface area contributed by atoms with Gasteiger partial charge in [0, 0.05) is 16.1 Å². The molecule has 2 aromatic rings. The number of hydrogen-bond acceptors (Lipinski definition) is 4. The number of carbonyl (C=O) groups excluding carboxylic acids is 1. The Morgan fingerprint density at radius 3 is 2.78 bits per heavy atom. The van der Waals surface area contributed by atoms with Crippen molar-refractivity contribution in [1.82, 2.24) is 10.3 Å². The minimum Gasteiger partial charge on any atom is -0.491 e. The van der Waals surface area contributed by atoms with Crippen molar-refractivity contribution >= 4 is 32.9 Å². The third-order valence-corrected chi connectivity index (χ3v) is 3.41. The number of nitrogens with one attached hydrogen (secondary N) is 1. The Morgan fingerprint density at radius 2 is 2.09 bits per heavy atom. The molecule has 0 spiro atoms. The second kappa shape index (κ2) is 7.17. The highest BCUT2D eigenvalue weighted by molar-refractivity contribution is 9.10. The molecule has 0 unspecified atom stereocenters. The highest BCUT2D eigenvalue weighted by Gasteiger charge is 2.18. The number of benzene rings is 1. The third-order valence-electron chi connectivity index (χ3n) is 2.92. The second-order valence-electron chi connectivity index (χ2n) is 6.33. The van der Waals surface area contributed by atoms with Gasteiger partial charge in [-0.3, -0.25) is 4.98 Å². The number of fused-ring (bicyclic) bond motifs is 1. The maximum absolute atomic E-state index is 11.7. The first-order valence-electron chi connectivity index (χ1n) is 7.41. The quantitative estimate of drug-likeness (QED) is 0.859. The van der Waals surface area contributed by atoms with E-state index in [1.54, 1.807) is 6.20 Å². The Hall–Kier alpha value is -1.82. The zero-order chi connectivity index (χ0) is 17.0. The zero-order valence-electron chi connectivity index (χ0n) is 13.7. The summed E-state index contributed by atoms with van der Waals surface area (Å²) in [6, 6.07) is 7.46. The molecule has 0 saturated heterocycles. The lowest BCUT2D eigenvalue weighted by atomic mass is 10.2. The van der Waals surface area contributed by atoms with E-state index in [9.17, 15) is 4.79 Å². The molecule has 5 nitrogen and oxygen atoms in total. The van der Waals surface area contributed by atoms with E-state index in [1.807, 2.05) is 52.0 Å². The third kappa shape index (κ3) is 5.39. The first-order chi connectivity index (χ1) is 10.7. The van der Waals surface area contributed by atoms with Crippen molar-refractivity contribution in [1.29, 1.82) is 0 Å². The number of pyridine rings is 1. The summed E-state index contributed by atoms with van der Waals surface area (Å²) in [6.07, 6.45) is 1.26. The first kappa shape index (κ1) is 17.5. The van der Waals surface area contributed by atoms with Gasteiger partial charge in [-0.15, -0.1) is 0 Å².